The topological polar surface area (TPSA) is 30.9 Å². The van der Waals surface area contributed by atoms with Gasteiger partial charge in [-0.25, -0.2) is 0 Å². The summed E-state index contributed by atoms with van der Waals surface area (Å²) in [5.74, 6) is 3.97. The summed E-state index contributed by atoms with van der Waals surface area (Å²) in [5.41, 5.74) is 2.87. The number of hydrogen-bond acceptors (Lipinski definition) is 4. The number of benzene rings is 2. The Hall–Kier alpha value is -2.20. The van der Waals surface area contributed by atoms with E-state index in [1.54, 1.807) is 14.2 Å². The van der Waals surface area contributed by atoms with Crippen molar-refractivity contribution in [3.8, 4) is 17.2 Å². The summed E-state index contributed by atoms with van der Waals surface area (Å²) in [6, 6.07) is 14.4. The van der Waals surface area contributed by atoms with Crippen LogP contribution in [0.15, 0.2) is 42.5 Å². The Balaban J connectivity index is 1.42. The molecule has 0 aromatic heterocycles. The molecule has 0 saturated carbocycles. The van der Waals surface area contributed by atoms with Crippen LogP contribution < -0.4 is 14.2 Å². The van der Waals surface area contributed by atoms with E-state index in [1.807, 2.05) is 30.3 Å². The van der Waals surface area contributed by atoms with Crippen LogP contribution in [-0.2, 0) is 6.42 Å². The normalized spacial score (nSPS) is 21.8. The first-order chi connectivity index (χ1) is 12.8. The van der Waals surface area contributed by atoms with Crippen molar-refractivity contribution < 1.29 is 14.2 Å². The van der Waals surface area contributed by atoms with Crippen LogP contribution >= 0.6 is 0 Å². The van der Waals surface area contributed by atoms with E-state index >= 15 is 0 Å². The third-order valence-corrected chi connectivity index (χ3v) is 5.77. The lowest BCUT2D eigenvalue weighted by Crippen LogP contribution is -2.26. The summed E-state index contributed by atoms with van der Waals surface area (Å²) >= 11 is 0. The van der Waals surface area contributed by atoms with Gasteiger partial charge >= 0.3 is 0 Å². The molecule has 2 aromatic carbocycles. The first-order valence-corrected chi connectivity index (χ1v) is 9.43. The van der Waals surface area contributed by atoms with Gasteiger partial charge in [0.05, 0.1) is 14.2 Å². The van der Waals surface area contributed by atoms with Crippen LogP contribution in [0.5, 0.6) is 17.2 Å². The first-order valence-electron chi connectivity index (χ1n) is 9.43. The molecule has 2 aliphatic rings. The summed E-state index contributed by atoms with van der Waals surface area (Å²) in [6.45, 7) is 3.98. The monoisotopic (exact) mass is 353 g/mol. The average Bonchev–Trinajstić information content (AvgIpc) is 3.11. The van der Waals surface area contributed by atoms with Crippen molar-refractivity contribution in [2.75, 3.05) is 40.5 Å². The van der Waals surface area contributed by atoms with Gasteiger partial charge in [0.15, 0.2) is 11.5 Å². The third kappa shape index (κ3) is 3.38. The standard InChI is InChI=1S/C22H27NO3/c1-24-21-12-16-8-9-17-14-23(10-11-26-18-6-4-3-5-7-18)15-20(17)19(16)13-22(21)25-2/h3-7,12-13,17,20H,8-11,14-15H2,1-2H3. The molecule has 4 nitrogen and oxygen atoms in total. The Labute approximate surface area is 155 Å². The van der Waals surface area contributed by atoms with Gasteiger partial charge in [0.1, 0.15) is 12.4 Å². The van der Waals surface area contributed by atoms with Crippen LogP contribution in [0.4, 0.5) is 0 Å². The quantitative estimate of drug-likeness (QED) is 0.791. The van der Waals surface area contributed by atoms with E-state index in [0.717, 1.165) is 55.8 Å². The molecule has 1 aliphatic carbocycles. The Morgan fingerprint density at radius 1 is 1.00 bits per heavy atom. The minimum Gasteiger partial charge on any atom is -0.493 e. The fourth-order valence-electron chi connectivity index (χ4n) is 4.44. The van der Waals surface area contributed by atoms with Gasteiger partial charge in [-0.15, -0.1) is 0 Å². The fourth-order valence-corrected chi connectivity index (χ4v) is 4.44. The van der Waals surface area contributed by atoms with Gasteiger partial charge in [-0.2, -0.15) is 0 Å². The van der Waals surface area contributed by atoms with E-state index in [0.29, 0.717) is 5.92 Å². The fraction of sp³-hybridized carbons (Fsp3) is 0.455. The van der Waals surface area contributed by atoms with E-state index in [4.69, 9.17) is 14.2 Å². The molecular formula is C22H27NO3. The van der Waals surface area contributed by atoms with Crippen LogP contribution in [-0.4, -0.2) is 45.4 Å². The Morgan fingerprint density at radius 3 is 2.54 bits per heavy atom. The summed E-state index contributed by atoms with van der Waals surface area (Å²) in [6.07, 6.45) is 2.38. The van der Waals surface area contributed by atoms with Gasteiger partial charge in [-0.1, -0.05) is 18.2 Å². The largest absolute Gasteiger partial charge is 0.493 e. The molecule has 2 atom stereocenters. The number of nitrogens with zero attached hydrogens (tertiary/aromatic N) is 1. The highest BCUT2D eigenvalue weighted by atomic mass is 16.5. The Morgan fingerprint density at radius 2 is 1.77 bits per heavy atom. The van der Waals surface area contributed by atoms with E-state index in [1.165, 1.54) is 17.5 Å². The molecule has 2 aromatic rings. The molecule has 0 amide bonds. The number of fused-ring (bicyclic) bond motifs is 3. The van der Waals surface area contributed by atoms with Crippen molar-refractivity contribution in [2.24, 2.45) is 5.92 Å². The van der Waals surface area contributed by atoms with E-state index < -0.39 is 0 Å². The summed E-state index contributed by atoms with van der Waals surface area (Å²) in [7, 11) is 3.42. The highest BCUT2D eigenvalue weighted by molar-refractivity contribution is 5.50. The van der Waals surface area contributed by atoms with Gasteiger partial charge in [0, 0.05) is 25.6 Å². The highest BCUT2D eigenvalue weighted by Gasteiger charge is 2.37. The Kier molecular flexibility index (Phi) is 5.02. The predicted octanol–water partition coefficient (Wildman–Crippen LogP) is 3.74. The molecule has 1 fully saturated rings. The van der Waals surface area contributed by atoms with Crippen molar-refractivity contribution >= 4 is 0 Å². The summed E-state index contributed by atoms with van der Waals surface area (Å²) in [4.78, 5) is 2.55. The molecule has 26 heavy (non-hydrogen) atoms. The van der Waals surface area contributed by atoms with E-state index in [-0.39, 0.29) is 0 Å². The first kappa shape index (κ1) is 17.2. The van der Waals surface area contributed by atoms with Crippen molar-refractivity contribution in [3.63, 3.8) is 0 Å². The molecule has 4 heteroatoms. The lowest BCUT2D eigenvalue weighted by atomic mass is 9.77. The molecule has 1 heterocycles. The molecule has 0 spiro atoms. The lowest BCUT2D eigenvalue weighted by molar-refractivity contribution is 0.232. The molecule has 0 radical (unpaired) electrons. The molecule has 1 aliphatic heterocycles. The molecule has 4 rings (SSSR count). The second-order valence-corrected chi connectivity index (χ2v) is 7.23. The maximum absolute atomic E-state index is 5.88. The maximum Gasteiger partial charge on any atom is 0.161 e. The van der Waals surface area contributed by atoms with Crippen molar-refractivity contribution in [1.82, 2.24) is 4.90 Å². The zero-order valence-corrected chi connectivity index (χ0v) is 15.6. The molecule has 0 bridgehead atoms. The second-order valence-electron chi connectivity index (χ2n) is 7.23. The van der Waals surface area contributed by atoms with E-state index in [2.05, 4.69) is 17.0 Å². The molecule has 0 N–H and O–H groups in total. The molecule has 1 saturated heterocycles. The summed E-state index contributed by atoms with van der Waals surface area (Å²) in [5, 5.41) is 0. The van der Waals surface area contributed by atoms with Crippen molar-refractivity contribution in [1.29, 1.82) is 0 Å². The molecule has 138 valence electrons. The van der Waals surface area contributed by atoms with E-state index in [9.17, 15) is 0 Å². The minimum atomic E-state index is 0.593. The van der Waals surface area contributed by atoms with Crippen LogP contribution in [0.25, 0.3) is 0 Å². The number of para-hydroxylation sites is 1. The number of rotatable bonds is 6. The second kappa shape index (κ2) is 7.58. The SMILES string of the molecule is COc1cc2c(cc1OC)C1CN(CCOc3ccccc3)CC1CC2. The zero-order valence-electron chi connectivity index (χ0n) is 15.6. The summed E-state index contributed by atoms with van der Waals surface area (Å²) < 4.78 is 16.9. The van der Waals surface area contributed by atoms with Gasteiger partial charge in [0.2, 0.25) is 0 Å². The number of aryl methyl sites for hydroxylation is 1. The Bertz CT molecular complexity index is 747. The van der Waals surface area contributed by atoms with Crippen molar-refractivity contribution in [3.05, 3.63) is 53.6 Å². The maximum atomic E-state index is 5.88. The number of ether oxygens (including phenoxy) is 3. The minimum absolute atomic E-state index is 0.593. The van der Waals surface area contributed by atoms with Crippen molar-refractivity contribution in [2.45, 2.75) is 18.8 Å². The highest BCUT2D eigenvalue weighted by Crippen LogP contribution is 2.44. The molecule has 2 unspecified atom stereocenters. The van der Waals surface area contributed by atoms with Crippen LogP contribution in [0.2, 0.25) is 0 Å². The van der Waals surface area contributed by atoms with Gasteiger partial charge in [-0.05, 0) is 54.2 Å². The van der Waals surface area contributed by atoms with Gasteiger partial charge in [0.25, 0.3) is 0 Å². The van der Waals surface area contributed by atoms with Crippen LogP contribution in [0.3, 0.4) is 0 Å². The number of hydrogen-bond donors (Lipinski definition) is 0. The smallest absolute Gasteiger partial charge is 0.161 e. The average molecular weight is 353 g/mol. The van der Waals surface area contributed by atoms with Crippen LogP contribution in [0.1, 0.15) is 23.5 Å². The van der Waals surface area contributed by atoms with Gasteiger partial charge in [-0.3, -0.25) is 4.90 Å². The zero-order chi connectivity index (χ0) is 17.9. The predicted molar refractivity (Wildman–Crippen MR) is 102 cm³/mol. The molecular weight excluding hydrogens is 326 g/mol. The number of methoxy groups -OCH3 is 2. The lowest BCUT2D eigenvalue weighted by Gasteiger charge is -2.28. The van der Waals surface area contributed by atoms with Gasteiger partial charge < -0.3 is 14.2 Å². The van der Waals surface area contributed by atoms with Crippen LogP contribution in [0, 0.1) is 5.92 Å². The number of likely N-dealkylation sites (tertiary alicyclic amines) is 1. The third-order valence-electron chi connectivity index (χ3n) is 5.77.